The first kappa shape index (κ1) is 9.85. The maximum atomic E-state index is 12.0. The van der Waals surface area contributed by atoms with Crippen LogP contribution in [-0.4, -0.2) is 19.0 Å². The molecule has 2 aliphatic rings. The van der Waals surface area contributed by atoms with Crippen LogP contribution < -0.4 is 10.6 Å². The minimum atomic E-state index is 0.0593. The van der Waals surface area contributed by atoms with Crippen LogP contribution in [0, 0.1) is 5.92 Å². The summed E-state index contributed by atoms with van der Waals surface area (Å²) in [5.41, 5.74) is 2.18. The molecule has 0 radical (unpaired) electrons. The monoisotopic (exact) mass is 216 g/mol. The van der Waals surface area contributed by atoms with E-state index < -0.39 is 0 Å². The fourth-order valence-corrected chi connectivity index (χ4v) is 2.87. The number of carbonyl (C=O) groups is 1. The van der Waals surface area contributed by atoms with E-state index in [0.29, 0.717) is 5.92 Å². The molecule has 3 nitrogen and oxygen atoms in total. The molecular formula is C13H16N2O. The summed E-state index contributed by atoms with van der Waals surface area (Å²) >= 11 is 0. The van der Waals surface area contributed by atoms with Gasteiger partial charge in [-0.25, -0.2) is 0 Å². The van der Waals surface area contributed by atoms with Gasteiger partial charge < -0.3 is 10.6 Å². The van der Waals surface area contributed by atoms with Crippen LogP contribution in [0.5, 0.6) is 0 Å². The first-order valence-electron chi connectivity index (χ1n) is 5.97. The highest BCUT2D eigenvalue weighted by Gasteiger charge is 2.36. The van der Waals surface area contributed by atoms with Crippen molar-refractivity contribution in [2.75, 3.05) is 18.4 Å². The van der Waals surface area contributed by atoms with E-state index in [1.807, 2.05) is 18.2 Å². The smallest absolute Gasteiger partial charge is 0.232 e. The van der Waals surface area contributed by atoms with Crippen molar-refractivity contribution in [1.82, 2.24) is 5.32 Å². The maximum absolute atomic E-state index is 12.0. The third-order valence-electron chi connectivity index (χ3n) is 3.64. The van der Waals surface area contributed by atoms with Gasteiger partial charge in [-0.3, -0.25) is 4.79 Å². The Hall–Kier alpha value is -1.35. The zero-order chi connectivity index (χ0) is 11.0. The molecule has 0 bridgehead atoms. The average molecular weight is 216 g/mol. The first-order valence-corrected chi connectivity index (χ1v) is 5.97. The Balaban J connectivity index is 1.92. The second kappa shape index (κ2) is 3.91. The normalized spacial score (nSPS) is 28.6. The fourth-order valence-electron chi connectivity index (χ4n) is 2.87. The Morgan fingerprint density at radius 3 is 2.94 bits per heavy atom. The number of amides is 1. The number of hydrogen-bond acceptors (Lipinski definition) is 2. The van der Waals surface area contributed by atoms with E-state index in [9.17, 15) is 4.79 Å². The van der Waals surface area contributed by atoms with Gasteiger partial charge in [-0.2, -0.15) is 0 Å². The molecule has 0 aromatic heterocycles. The van der Waals surface area contributed by atoms with Crippen LogP contribution in [0.3, 0.4) is 0 Å². The van der Waals surface area contributed by atoms with Gasteiger partial charge in [0.15, 0.2) is 0 Å². The molecule has 84 valence electrons. The van der Waals surface area contributed by atoms with Crippen LogP contribution in [0.15, 0.2) is 24.3 Å². The molecule has 1 fully saturated rings. The van der Waals surface area contributed by atoms with Gasteiger partial charge in [-0.15, -0.1) is 0 Å². The molecule has 1 saturated heterocycles. The lowest BCUT2D eigenvalue weighted by molar-refractivity contribution is -0.118. The van der Waals surface area contributed by atoms with Gasteiger partial charge in [0.1, 0.15) is 0 Å². The summed E-state index contributed by atoms with van der Waals surface area (Å²) < 4.78 is 0. The van der Waals surface area contributed by atoms with Crippen LogP contribution in [0.1, 0.15) is 24.3 Å². The van der Waals surface area contributed by atoms with Gasteiger partial charge in [0, 0.05) is 5.69 Å². The third kappa shape index (κ3) is 1.52. The third-order valence-corrected chi connectivity index (χ3v) is 3.64. The summed E-state index contributed by atoms with van der Waals surface area (Å²) in [7, 11) is 0. The van der Waals surface area contributed by atoms with Gasteiger partial charge in [-0.05, 0) is 43.5 Å². The zero-order valence-corrected chi connectivity index (χ0v) is 9.20. The van der Waals surface area contributed by atoms with E-state index in [2.05, 4.69) is 16.7 Å². The van der Waals surface area contributed by atoms with Crippen molar-refractivity contribution in [2.24, 2.45) is 5.92 Å². The number of anilines is 1. The summed E-state index contributed by atoms with van der Waals surface area (Å²) in [6, 6.07) is 8.05. The van der Waals surface area contributed by atoms with Gasteiger partial charge in [-0.1, -0.05) is 18.2 Å². The summed E-state index contributed by atoms with van der Waals surface area (Å²) in [5, 5.41) is 6.36. The van der Waals surface area contributed by atoms with E-state index >= 15 is 0 Å². The molecule has 0 aliphatic carbocycles. The summed E-state index contributed by atoms with van der Waals surface area (Å²) in [5.74, 6) is 0.691. The molecule has 0 spiro atoms. The highest BCUT2D eigenvalue weighted by atomic mass is 16.2. The van der Waals surface area contributed by atoms with Gasteiger partial charge in [0.05, 0.1) is 5.92 Å². The van der Waals surface area contributed by atoms with Crippen LogP contribution in [0.25, 0.3) is 0 Å². The molecular weight excluding hydrogens is 200 g/mol. The van der Waals surface area contributed by atoms with E-state index in [1.54, 1.807) is 0 Å². The molecule has 0 saturated carbocycles. The van der Waals surface area contributed by atoms with Gasteiger partial charge >= 0.3 is 0 Å². The van der Waals surface area contributed by atoms with Crippen LogP contribution in [0.2, 0.25) is 0 Å². The number of nitrogens with one attached hydrogen (secondary N) is 2. The van der Waals surface area contributed by atoms with Crippen molar-refractivity contribution in [3.05, 3.63) is 29.8 Å². The predicted molar refractivity (Wildman–Crippen MR) is 63.4 cm³/mol. The Morgan fingerprint density at radius 2 is 2.12 bits per heavy atom. The lowest BCUT2D eigenvalue weighted by atomic mass is 9.82. The molecule has 2 unspecified atom stereocenters. The Bertz CT molecular complexity index is 410. The minimum absolute atomic E-state index is 0.0593. The Kier molecular flexibility index (Phi) is 2.40. The van der Waals surface area contributed by atoms with Crippen LogP contribution in [-0.2, 0) is 4.79 Å². The number of benzene rings is 1. The molecule has 2 heterocycles. The molecule has 3 rings (SSSR count). The topological polar surface area (TPSA) is 41.1 Å². The van der Waals surface area contributed by atoms with Crippen molar-refractivity contribution in [3.8, 4) is 0 Å². The number of carbonyl (C=O) groups excluding carboxylic acids is 1. The van der Waals surface area contributed by atoms with Crippen molar-refractivity contribution in [3.63, 3.8) is 0 Å². The molecule has 3 heteroatoms. The standard InChI is InChI=1S/C13H16N2O/c16-13-12(9-4-3-7-14-8-9)10-5-1-2-6-11(10)15-13/h1-2,5-6,9,12,14H,3-4,7-8H2,(H,15,16). The minimum Gasteiger partial charge on any atom is -0.325 e. The molecule has 2 aliphatic heterocycles. The van der Waals surface area contributed by atoms with E-state index in [0.717, 1.165) is 25.2 Å². The lowest BCUT2D eigenvalue weighted by Gasteiger charge is -2.26. The lowest BCUT2D eigenvalue weighted by Crippen LogP contribution is -2.35. The first-order chi connectivity index (χ1) is 7.86. The van der Waals surface area contributed by atoms with Crippen molar-refractivity contribution < 1.29 is 4.79 Å². The second-order valence-corrected chi connectivity index (χ2v) is 4.66. The molecule has 1 aromatic carbocycles. The van der Waals surface area contributed by atoms with E-state index in [-0.39, 0.29) is 11.8 Å². The molecule has 2 N–H and O–H groups in total. The van der Waals surface area contributed by atoms with Crippen molar-refractivity contribution in [1.29, 1.82) is 0 Å². The van der Waals surface area contributed by atoms with Gasteiger partial charge in [0.2, 0.25) is 5.91 Å². The van der Waals surface area contributed by atoms with Crippen molar-refractivity contribution >= 4 is 11.6 Å². The summed E-state index contributed by atoms with van der Waals surface area (Å²) in [4.78, 5) is 12.0. The summed E-state index contributed by atoms with van der Waals surface area (Å²) in [6.07, 6.45) is 2.33. The molecule has 1 amide bonds. The molecule has 2 atom stereocenters. The largest absolute Gasteiger partial charge is 0.325 e. The highest BCUT2D eigenvalue weighted by Crippen LogP contribution is 2.39. The zero-order valence-electron chi connectivity index (χ0n) is 9.20. The molecule has 1 aromatic rings. The van der Waals surface area contributed by atoms with Crippen LogP contribution >= 0.6 is 0 Å². The number of para-hydroxylation sites is 1. The fraction of sp³-hybridized carbons (Fsp3) is 0.462. The Labute approximate surface area is 95.2 Å². The molecule has 16 heavy (non-hydrogen) atoms. The maximum Gasteiger partial charge on any atom is 0.232 e. The average Bonchev–Trinajstić information content (AvgIpc) is 2.66. The SMILES string of the molecule is O=C1Nc2ccccc2C1C1CCCNC1. The Morgan fingerprint density at radius 1 is 1.25 bits per heavy atom. The summed E-state index contributed by atoms with van der Waals surface area (Å²) in [6.45, 7) is 2.05. The van der Waals surface area contributed by atoms with E-state index in [4.69, 9.17) is 0 Å². The number of hydrogen-bond donors (Lipinski definition) is 2. The van der Waals surface area contributed by atoms with Crippen LogP contribution in [0.4, 0.5) is 5.69 Å². The highest BCUT2D eigenvalue weighted by molar-refractivity contribution is 6.03. The second-order valence-electron chi connectivity index (χ2n) is 4.66. The van der Waals surface area contributed by atoms with Gasteiger partial charge in [0.25, 0.3) is 0 Å². The quantitative estimate of drug-likeness (QED) is 0.750. The predicted octanol–water partition coefficient (Wildman–Crippen LogP) is 1.72. The number of fused-ring (bicyclic) bond motifs is 1. The number of rotatable bonds is 1. The number of piperidine rings is 1. The van der Waals surface area contributed by atoms with Crippen molar-refractivity contribution in [2.45, 2.75) is 18.8 Å². The van der Waals surface area contributed by atoms with E-state index in [1.165, 1.54) is 12.0 Å².